The lowest BCUT2D eigenvalue weighted by Gasteiger charge is -2.27. The molecule has 1 atom stereocenters. The molecule has 3 nitrogen and oxygen atoms in total. The summed E-state index contributed by atoms with van der Waals surface area (Å²) >= 11 is 0. The van der Waals surface area contributed by atoms with Crippen molar-refractivity contribution in [2.75, 3.05) is 18.8 Å². The molecule has 3 rings (SSSR count). The van der Waals surface area contributed by atoms with Crippen LogP contribution in [-0.4, -0.2) is 32.2 Å². The first-order valence-electron chi connectivity index (χ1n) is 8.15. The third-order valence-corrected chi connectivity index (χ3v) is 6.27. The lowest BCUT2D eigenvalue weighted by molar-refractivity contribution is 0.264. The van der Waals surface area contributed by atoms with Gasteiger partial charge in [0.15, 0.2) is 9.84 Å². The van der Waals surface area contributed by atoms with Gasteiger partial charge < -0.3 is 0 Å². The molecule has 0 amide bonds. The lowest BCUT2D eigenvalue weighted by Crippen LogP contribution is -2.31. The van der Waals surface area contributed by atoms with E-state index in [1.807, 2.05) is 49.4 Å². The number of sulfone groups is 1. The average Bonchev–Trinajstić information content (AvgIpc) is 3.08. The molecule has 1 unspecified atom stereocenters. The lowest BCUT2D eigenvalue weighted by atomic mass is 10.1. The second-order valence-electron chi connectivity index (χ2n) is 6.26. The second-order valence-corrected chi connectivity index (χ2v) is 8.30. The molecule has 0 aromatic heterocycles. The van der Waals surface area contributed by atoms with E-state index in [9.17, 15) is 8.42 Å². The minimum absolute atomic E-state index is 0.0648. The zero-order chi connectivity index (χ0) is 16.3. The summed E-state index contributed by atoms with van der Waals surface area (Å²) < 4.78 is 25.7. The van der Waals surface area contributed by atoms with E-state index in [1.54, 1.807) is 12.1 Å². The minimum atomic E-state index is -3.30. The maximum absolute atomic E-state index is 12.9. The fourth-order valence-electron chi connectivity index (χ4n) is 3.19. The molecule has 1 fully saturated rings. The number of likely N-dealkylation sites (tertiary alicyclic amines) is 1. The summed E-state index contributed by atoms with van der Waals surface area (Å²) in [6.45, 7) is 3.92. The summed E-state index contributed by atoms with van der Waals surface area (Å²) in [7, 11) is -3.30. The van der Waals surface area contributed by atoms with Crippen LogP contribution in [0.3, 0.4) is 0 Å². The Bertz CT molecular complexity index is 733. The zero-order valence-electron chi connectivity index (χ0n) is 13.5. The molecular formula is C19H23NO2S. The molecular weight excluding hydrogens is 306 g/mol. The number of hydrogen-bond acceptors (Lipinski definition) is 3. The highest BCUT2D eigenvalue weighted by atomic mass is 32.2. The first-order chi connectivity index (χ1) is 11.1. The van der Waals surface area contributed by atoms with Crippen molar-refractivity contribution in [2.24, 2.45) is 0 Å². The Labute approximate surface area is 138 Å². The number of hydrogen-bond donors (Lipinski definition) is 0. The molecule has 2 aromatic rings. The van der Waals surface area contributed by atoms with Gasteiger partial charge >= 0.3 is 0 Å². The molecule has 4 heteroatoms. The molecule has 0 aliphatic carbocycles. The molecule has 122 valence electrons. The predicted molar refractivity (Wildman–Crippen MR) is 93.2 cm³/mol. The topological polar surface area (TPSA) is 37.4 Å². The third kappa shape index (κ3) is 3.82. The summed E-state index contributed by atoms with van der Waals surface area (Å²) in [6, 6.07) is 17.1. The zero-order valence-corrected chi connectivity index (χ0v) is 14.3. The van der Waals surface area contributed by atoms with E-state index in [1.165, 1.54) is 0 Å². The van der Waals surface area contributed by atoms with Gasteiger partial charge in [0.25, 0.3) is 0 Å². The Morgan fingerprint density at radius 2 is 1.57 bits per heavy atom. The van der Waals surface area contributed by atoms with Crippen molar-refractivity contribution in [3.63, 3.8) is 0 Å². The van der Waals surface area contributed by atoms with Crippen molar-refractivity contribution < 1.29 is 8.42 Å². The third-order valence-electron chi connectivity index (χ3n) is 4.52. The van der Waals surface area contributed by atoms with Crippen molar-refractivity contribution >= 4 is 9.84 Å². The monoisotopic (exact) mass is 329 g/mol. The molecule has 1 heterocycles. The van der Waals surface area contributed by atoms with E-state index < -0.39 is 9.84 Å². The van der Waals surface area contributed by atoms with Gasteiger partial charge in [-0.25, -0.2) is 8.42 Å². The van der Waals surface area contributed by atoms with Gasteiger partial charge in [-0.1, -0.05) is 48.0 Å². The van der Waals surface area contributed by atoms with Gasteiger partial charge in [-0.3, -0.25) is 4.90 Å². The Morgan fingerprint density at radius 1 is 0.957 bits per heavy atom. The molecule has 2 aromatic carbocycles. The first-order valence-corrected chi connectivity index (χ1v) is 9.80. The number of aryl methyl sites for hydroxylation is 1. The van der Waals surface area contributed by atoms with Crippen molar-refractivity contribution in [1.29, 1.82) is 0 Å². The van der Waals surface area contributed by atoms with Gasteiger partial charge in [-0.2, -0.15) is 0 Å². The van der Waals surface area contributed by atoms with Crippen LogP contribution in [0, 0.1) is 6.92 Å². The summed E-state index contributed by atoms with van der Waals surface area (Å²) in [4.78, 5) is 2.73. The second kappa shape index (κ2) is 6.85. The number of benzene rings is 2. The van der Waals surface area contributed by atoms with E-state index in [4.69, 9.17) is 0 Å². The van der Waals surface area contributed by atoms with Crippen molar-refractivity contribution in [2.45, 2.75) is 30.7 Å². The molecule has 0 saturated carbocycles. The SMILES string of the molecule is Cc1ccc(S(=O)(=O)CC(c2ccccc2)N2CCCC2)cc1. The molecule has 0 N–H and O–H groups in total. The smallest absolute Gasteiger partial charge is 0.180 e. The fraction of sp³-hybridized carbons (Fsp3) is 0.368. The summed E-state index contributed by atoms with van der Waals surface area (Å²) in [5, 5.41) is 0. The molecule has 23 heavy (non-hydrogen) atoms. The van der Waals surface area contributed by atoms with Crippen molar-refractivity contribution in [3.8, 4) is 0 Å². The van der Waals surface area contributed by atoms with Gasteiger partial charge in [-0.15, -0.1) is 0 Å². The molecule has 1 saturated heterocycles. The highest BCUT2D eigenvalue weighted by Crippen LogP contribution is 2.28. The van der Waals surface area contributed by atoms with Crippen LogP contribution in [0.4, 0.5) is 0 Å². The Morgan fingerprint density at radius 3 is 2.17 bits per heavy atom. The Kier molecular flexibility index (Phi) is 4.83. The van der Waals surface area contributed by atoms with E-state index in [-0.39, 0.29) is 11.8 Å². The van der Waals surface area contributed by atoms with Crippen LogP contribution in [-0.2, 0) is 9.84 Å². The Hall–Kier alpha value is -1.65. The van der Waals surface area contributed by atoms with Crippen LogP contribution in [0.2, 0.25) is 0 Å². The molecule has 0 spiro atoms. The van der Waals surface area contributed by atoms with Crippen LogP contribution in [0.1, 0.15) is 30.0 Å². The van der Waals surface area contributed by atoms with E-state index >= 15 is 0 Å². The predicted octanol–water partition coefficient (Wildman–Crippen LogP) is 3.61. The fourth-order valence-corrected chi connectivity index (χ4v) is 4.75. The molecule has 0 bridgehead atoms. The van der Waals surface area contributed by atoms with Crippen LogP contribution in [0.25, 0.3) is 0 Å². The average molecular weight is 329 g/mol. The summed E-state index contributed by atoms with van der Waals surface area (Å²) in [5.74, 6) is 0.139. The highest BCUT2D eigenvalue weighted by Gasteiger charge is 2.29. The van der Waals surface area contributed by atoms with Crippen molar-refractivity contribution in [3.05, 3.63) is 65.7 Å². The standard InChI is InChI=1S/C19H23NO2S/c1-16-9-11-18(12-10-16)23(21,22)15-19(20-13-5-6-14-20)17-7-3-2-4-8-17/h2-4,7-12,19H,5-6,13-15H2,1H3. The van der Waals surface area contributed by atoms with Crippen LogP contribution >= 0.6 is 0 Å². The Balaban J connectivity index is 1.90. The normalized spacial score (nSPS) is 17.3. The van der Waals surface area contributed by atoms with Crippen LogP contribution in [0.15, 0.2) is 59.5 Å². The largest absolute Gasteiger partial charge is 0.295 e. The van der Waals surface area contributed by atoms with Gasteiger partial charge in [0.05, 0.1) is 10.6 Å². The number of rotatable bonds is 5. The summed E-state index contributed by atoms with van der Waals surface area (Å²) in [5.41, 5.74) is 2.16. The van der Waals surface area contributed by atoms with Gasteiger partial charge in [0.1, 0.15) is 0 Å². The molecule has 0 radical (unpaired) electrons. The van der Waals surface area contributed by atoms with E-state index in [2.05, 4.69) is 4.90 Å². The van der Waals surface area contributed by atoms with Gasteiger partial charge in [0.2, 0.25) is 0 Å². The minimum Gasteiger partial charge on any atom is -0.295 e. The summed E-state index contributed by atoms with van der Waals surface area (Å²) in [6.07, 6.45) is 2.29. The highest BCUT2D eigenvalue weighted by molar-refractivity contribution is 7.91. The van der Waals surface area contributed by atoms with Gasteiger partial charge in [0, 0.05) is 6.04 Å². The molecule has 1 aliphatic rings. The van der Waals surface area contributed by atoms with E-state index in [0.29, 0.717) is 4.90 Å². The number of nitrogens with zero attached hydrogens (tertiary/aromatic N) is 1. The maximum Gasteiger partial charge on any atom is 0.180 e. The van der Waals surface area contributed by atoms with Crippen LogP contribution < -0.4 is 0 Å². The quantitative estimate of drug-likeness (QED) is 0.841. The first kappa shape index (κ1) is 16.2. The van der Waals surface area contributed by atoms with Crippen molar-refractivity contribution in [1.82, 2.24) is 4.90 Å². The van der Waals surface area contributed by atoms with Gasteiger partial charge in [-0.05, 0) is 50.6 Å². The van der Waals surface area contributed by atoms with E-state index in [0.717, 1.165) is 37.1 Å². The van der Waals surface area contributed by atoms with Crippen LogP contribution in [0.5, 0.6) is 0 Å². The maximum atomic E-state index is 12.9. The molecule has 1 aliphatic heterocycles.